The molecule has 236 valence electrons. The van der Waals surface area contributed by atoms with Gasteiger partial charge in [-0.3, -0.25) is 0 Å². The average Bonchev–Trinajstić information content (AvgIpc) is 3.31. The van der Waals surface area contributed by atoms with Crippen LogP contribution in [0.15, 0.2) is 96.1 Å². The van der Waals surface area contributed by atoms with Crippen molar-refractivity contribution in [1.82, 2.24) is 0 Å². The predicted octanol–water partition coefficient (Wildman–Crippen LogP) is 11.3. The van der Waals surface area contributed by atoms with Crippen LogP contribution in [0.25, 0.3) is 33.4 Å². The number of alkyl halides is 8. The second-order valence-corrected chi connectivity index (χ2v) is 16.5. The molecule has 0 spiro atoms. The topological polar surface area (TPSA) is 0 Å². The second kappa shape index (κ2) is 11.9. The second-order valence-electron chi connectivity index (χ2n) is 11.9. The molecule has 0 saturated heterocycles. The van der Waals surface area contributed by atoms with E-state index in [-0.39, 0.29) is 26.2 Å². The number of hydrogen-bond acceptors (Lipinski definition) is 0. The maximum atomic E-state index is 13.3. The summed E-state index contributed by atoms with van der Waals surface area (Å²) >= 11 is 15.4. The van der Waals surface area contributed by atoms with E-state index in [0.717, 1.165) is 79.9 Å². The van der Waals surface area contributed by atoms with E-state index in [1.54, 1.807) is 0 Å². The maximum absolute atomic E-state index is 13.3. The third kappa shape index (κ3) is 5.51. The molecule has 0 aliphatic heterocycles. The Morgan fingerprint density at radius 1 is 0.522 bits per heavy atom. The van der Waals surface area contributed by atoms with Crippen LogP contribution in [0.3, 0.4) is 0 Å². The minimum atomic E-state index is -4.43. The summed E-state index contributed by atoms with van der Waals surface area (Å²) in [5.41, 5.74) is 8.97. The number of allylic oxidation sites excluding steroid dienone is 4. The predicted molar refractivity (Wildman–Crippen MR) is 174 cm³/mol. The first-order chi connectivity index (χ1) is 21.0. The van der Waals surface area contributed by atoms with Crippen LogP contribution in [-0.4, -0.2) is 9.52 Å². The molecule has 6 rings (SSSR count). The molecule has 0 aromatic heterocycles. The van der Waals surface area contributed by atoms with Gasteiger partial charge < -0.3 is 0 Å². The third-order valence-corrected chi connectivity index (χ3v) is 14.2. The zero-order valence-corrected chi connectivity index (χ0v) is 30.7. The molecule has 10 heteroatoms. The molecule has 46 heavy (non-hydrogen) atoms. The monoisotopic (exact) mass is 762 g/mol. The van der Waals surface area contributed by atoms with Crippen molar-refractivity contribution in [3.05, 3.63) is 129 Å². The first-order valence-electron chi connectivity index (χ1n) is 14.3. The quantitative estimate of drug-likeness (QED) is 0.110. The molecule has 0 fully saturated rings. The molecule has 4 aromatic rings. The Kier molecular flexibility index (Phi) is 9.07. The number of hydrogen-bond donors (Lipinski definition) is 0. The molecule has 2 atom stereocenters. The van der Waals surface area contributed by atoms with Crippen molar-refractivity contribution in [2.75, 3.05) is 0 Å². The molecule has 0 amide bonds. The van der Waals surface area contributed by atoms with E-state index >= 15 is 0 Å². The molecule has 0 N–H and O–H groups in total. The van der Waals surface area contributed by atoms with Gasteiger partial charge in [0.25, 0.3) is 0 Å². The maximum Gasteiger partial charge on any atom is 0.416 e. The van der Waals surface area contributed by atoms with Gasteiger partial charge in [0.15, 0.2) is 0 Å². The summed E-state index contributed by atoms with van der Waals surface area (Å²) in [6, 6.07) is 21.8. The fourth-order valence-corrected chi connectivity index (χ4v) is 11.6. The molecule has 4 aromatic carbocycles. The Labute approximate surface area is 295 Å². The Balaban J connectivity index is 0.00000417. The fourth-order valence-electron chi connectivity index (χ4n) is 6.90. The Morgan fingerprint density at radius 3 is 1.15 bits per heavy atom. The van der Waals surface area contributed by atoms with Gasteiger partial charge in [-0.25, -0.2) is 0 Å². The standard InChI is InChI=1S/C36H28Cl2F6Si.Zr/c1-19-21(3)33(37,29-9-5-7-27(31(19)29)23-11-15-25(16-12-23)35(39,40)41)45-34(38)22(4)20(2)32-28(8-6-10-30(32)34)24-13-17-26(18-14-24)36(42,43)44;/h5-18H,45H2,1-4H3;. The largest absolute Gasteiger partial charge is 0.416 e. The van der Waals surface area contributed by atoms with E-state index in [1.165, 1.54) is 24.3 Å². The number of fused-ring (bicyclic) bond motifs is 2. The summed E-state index contributed by atoms with van der Waals surface area (Å²) < 4.78 is 77.7. The molecule has 2 unspecified atom stereocenters. The summed E-state index contributed by atoms with van der Waals surface area (Å²) in [4.78, 5) is 0. The van der Waals surface area contributed by atoms with Crippen molar-refractivity contribution in [3.8, 4) is 22.3 Å². The van der Waals surface area contributed by atoms with E-state index in [1.807, 2.05) is 64.1 Å². The van der Waals surface area contributed by atoms with Gasteiger partial charge in [-0.2, -0.15) is 26.3 Å². The van der Waals surface area contributed by atoms with Crippen molar-refractivity contribution in [3.63, 3.8) is 0 Å². The van der Waals surface area contributed by atoms with Crippen LogP contribution in [0.1, 0.15) is 61.1 Å². The normalized spacial score (nSPS) is 21.2. The van der Waals surface area contributed by atoms with E-state index in [0.29, 0.717) is 11.1 Å². The molecule has 0 heterocycles. The smallest absolute Gasteiger partial charge is 0.166 e. The minimum absolute atomic E-state index is 0. The van der Waals surface area contributed by atoms with E-state index in [4.69, 9.17) is 23.2 Å². The van der Waals surface area contributed by atoms with Crippen molar-refractivity contribution in [1.29, 1.82) is 0 Å². The van der Waals surface area contributed by atoms with Crippen LogP contribution in [0.4, 0.5) is 26.3 Å². The Hall–Kier alpha value is -2.38. The van der Waals surface area contributed by atoms with Crippen molar-refractivity contribution in [2.24, 2.45) is 0 Å². The van der Waals surface area contributed by atoms with Gasteiger partial charge in [0, 0.05) is 26.2 Å². The van der Waals surface area contributed by atoms with E-state index < -0.39 is 42.0 Å². The third-order valence-electron chi connectivity index (χ3n) is 9.58. The van der Waals surface area contributed by atoms with Gasteiger partial charge in [0.1, 0.15) is 0 Å². The van der Waals surface area contributed by atoms with Crippen LogP contribution in [-0.2, 0) is 47.6 Å². The van der Waals surface area contributed by atoms with Crippen molar-refractivity contribution >= 4 is 43.9 Å². The minimum Gasteiger partial charge on any atom is -0.166 e. The summed E-state index contributed by atoms with van der Waals surface area (Å²) in [5, 5.41) is 0. The Morgan fingerprint density at radius 2 is 0.848 bits per heavy atom. The van der Waals surface area contributed by atoms with Crippen molar-refractivity contribution in [2.45, 2.75) is 49.0 Å². The average molecular weight is 765 g/mol. The van der Waals surface area contributed by atoms with E-state index in [9.17, 15) is 26.3 Å². The van der Waals surface area contributed by atoms with E-state index in [2.05, 4.69) is 0 Å². The van der Waals surface area contributed by atoms with Gasteiger partial charge in [-0.05, 0) is 119 Å². The SMILES string of the molecule is CC1=C(C)C(Cl)([SiH2]C2(Cl)C(C)=C(C)c3c(-c4ccc(C(F)(F)F)cc4)cccc32)c2cccc(-c3ccc(C(F)(F)F)cc3)c21.[Zr]. The summed E-state index contributed by atoms with van der Waals surface area (Å²) in [6.07, 6.45) is -8.86. The summed E-state index contributed by atoms with van der Waals surface area (Å²) in [7, 11) is -1.53. The van der Waals surface area contributed by atoms with Gasteiger partial charge in [-0.1, -0.05) is 60.7 Å². The van der Waals surface area contributed by atoms with Gasteiger partial charge in [-0.15, -0.1) is 23.2 Å². The number of rotatable bonds is 4. The molecule has 2 aliphatic carbocycles. The molecule has 2 aliphatic rings. The van der Waals surface area contributed by atoms with Crippen LogP contribution in [0.2, 0.25) is 0 Å². The zero-order chi connectivity index (χ0) is 32.7. The molecular formula is C36H28Cl2F6SiZr. The molecule has 0 radical (unpaired) electrons. The van der Waals surface area contributed by atoms with Crippen molar-refractivity contribution < 1.29 is 52.5 Å². The molecule has 0 saturated carbocycles. The first-order valence-corrected chi connectivity index (χ1v) is 16.5. The first kappa shape index (κ1) is 34.9. The van der Waals surface area contributed by atoms with Gasteiger partial charge >= 0.3 is 12.4 Å². The van der Waals surface area contributed by atoms with Crippen LogP contribution >= 0.6 is 23.2 Å². The summed E-state index contributed by atoms with van der Waals surface area (Å²) in [5.74, 6) is 0. The summed E-state index contributed by atoms with van der Waals surface area (Å²) in [6.45, 7) is 7.96. The fraction of sp³-hybridized carbons (Fsp3) is 0.222. The van der Waals surface area contributed by atoms with Gasteiger partial charge in [0.05, 0.1) is 29.6 Å². The molecular weight excluding hydrogens is 737 g/mol. The molecule has 0 nitrogen and oxygen atoms in total. The Bertz CT molecular complexity index is 1770. The molecule has 0 bridgehead atoms. The zero-order valence-electron chi connectivity index (χ0n) is 25.3. The van der Waals surface area contributed by atoms with Gasteiger partial charge in [0.2, 0.25) is 0 Å². The van der Waals surface area contributed by atoms with Crippen LogP contribution < -0.4 is 0 Å². The van der Waals surface area contributed by atoms with Crippen LogP contribution in [0.5, 0.6) is 0 Å². The number of halogens is 8. The van der Waals surface area contributed by atoms with Crippen LogP contribution in [0, 0.1) is 0 Å². The number of benzene rings is 4.